The van der Waals surface area contributed by atoms with E-state index in [9.17, 15) is 9.59 Å². The number of ether oxygens (including phenoxy) is 2. The number of para-hydroxylation sites is 1. The van der Waals surface area contributed by atoms with E-state index in [2.05, 4.69) is 4.98 Å². The van der Waals surface area contributed by atoms with Crippen LogP contribution < -0.4 is 9.64 Å². The Balaban J connectivity index is 1.68. The summed E-state index contributed by atoms with van der Waals surface area (Å²) in [5.41, 5.74) is 2.56. The first-order valence-electron chi connectivity index (χ1n) is 10.1. The number of nitrogens with zero attached hydrogens (tertiary/aromatic N) is 4. The Morgan fingerprint density at radius 3 is 2.80 bits per heavy atom. The van der Waals surface area contributed by atoms with Crippen molar-refractivity contribution in [1.82, 2.24) is 14.9 Å². The van der Waals surface area contributed by atoms with Crippen molar-refractivity contribution in [3.8, 4) is 5.75 Å². The molecule has 8 heteroatoms. The van der Waals surface area contributed by atoms with Gasteiger partial charge < -0.3 is 14.4 Å². The monoisotopic (exact) mass is 410 g/mol. The summed E-state index contributed by atoms with van der Waals surface area (Å²) >= 11 is 0. The van der Waals surface area contributed by atoms with E-state index in [-0.39, 0.29) is 30.9 Å². The molecule has 1 aromatic heterocycles. The smallest absolute Gasteiger partial charge is 0.249 e. The van der Waals surface area contributed by atoms with Gasteiger partial charge in [0.05, 0.1) is 26.1 Å². The molecule has 2 aliphatic heterocycles. The van der Waals surface area contributed by atoms with Crippen LogP contribution in [0.15, 0.2) is 24.3 Å². The van der Waals surface area contributed by atoms with Crippen LogP contribution in [-0.2, 0) is 27.3 Å². The van der Waals surface area contributed by atoms with Gasteiger partial charge in [0.1, 0.15) is 18.2 Å². The fourth-order valence-corrected chi connectivity index (χ4v) is 4.25. The first-order valence-corrected chi connectivity index (χ1v) is 10.1. The van der Waals surface area contributed by atoms with Crippen LogP contribution in [0, 0.1) is 6.92 Å². The van der Waals surface area contributed by atoms with Gasteiger partial charge in [0.15, 0.2) is 5.82 Å². The third-order valence-electron chi connectivity index (χ3n) is 5.75. The summed E-state index contributed by atoms with van der Waals surface area (Å²) in [7, 11) is 3.13. The van der Waals surface area contributed by atoms with Crippen molar-refractivity contribution in [1.29, 1.82) is 0 Å². The second kappa shape index (κ2) is 8.39. The molecule has 4 rings (SSSR count). The van der Waals surface area contributed by atoms with E-state index in [1.807, 2.05) is 31.2 Å². The molecule has 0 spiro atoms. The second-order valence-electron chi connectivity index (χ2n) is 7.62. The zero-order chi connectivity index (χ0) is 21.3. The lowest BCUT2D eigenvalue weighted by Gasteiger charge is -2.25. The molecule has 0 aliphatic carbocycles. The number of rotatable bonds is 6. The first kappa shape index (κ1) is 20.3. The molecule has 1 unspecified atom stereocenters. The van der Waals surface area contributed by atoms with Crippen LogP contribution in [0.25, 0.3) is 0 Å². The van der Waals surface area contributed by atoms with Crippen LogP contribution in [0.2, 0.25) is 0 Å². The number of fused-ring (bicyclic) bond motifs is 1. The van der Waals surface area contributed by atoms with Crippen molar-refractivity contribution in [2.24, 2.45) is 0 Å². The number of anilines is 1. The Hall–Kier alpha value is -3.00. The number of likely N-dealkylation sites (tertiary alicyclic amines) is 1. The van der Waals surface area contributed by atoms with Crippen LogP contribution in [0.1, 0.15) is 41.5 Å². The van der Waals surface area contributed by atoms with Crippen molar-refractivity contribution >= 4 is 17.6 Å². The maximum atomic E-state index is 12.8. The maximum absolute atomic E-state index is 12.8. The second-order valence-corrected chi connectivity index (χ2v) is 7.62. The molecular weight excluding hydrogens is 384 g/mol. The standard InChI is InChI=1S/C22H26N4O4/c1-14-16-11-19(27)26(12-15-7-4-5-9-18(15)30-3)22(16)24-21(23-14)17-8-6-10-25(17)20(28)13-29-2/h4-5,7,9,17H,6,8,10-13H2,1-3H3. The summed E-state index contributed by atoms with van der Waals surface area (Å²) < 4.78 is 10.5. The summed E-state index contributed by atoms with van der Waals surface area (Å²) in [6.45, 7) is 2.98. The molecule has 8 nitrogen and oxygen atoms in total. The normalized spacial score (nSPS) is 18.1. The van der Waals surface area contributed by atoms with E-state index in [0.717, 1.165) is 35.4 Å². The molecule has 2 amide bonds. The highest BCUT2D eigenvalue weighted by Crippen LogP contribution is 2.36. The lowest BCUT2D eigenvalue weighted by atomic mass is 10.1. The minimum atomic E-state index is -0.194. The van der Waals surface area contributed by atoms with E-state index in [1.54, 1.807) is 16.9 Å². The molecule has 0 N–H and O–H groups in total. The van der Waals surface area contributed by atoms with Crippen LogP contribution in [0.5, 0.6) is 5.75 Å². The zero-order valence-corrected chi connectivity index (χ0v) is 17.6. The minimum absolute atomic E-state index is 0.0100. The van der Waals surface area contributed by atoms with Crippen molar-refractivity contribution in [2.75, 3.05) is 32.3 Å². The third kappa shape index (κ3) is 3.63. The molecule has 1 aromatic carbocycles. The summed E-state index contributed by atoms with van der Waals surface area (Å²) in [4.78, 5) is 38.2. The molecule has 2 aromatic rings. The lowest BCUT2D eigenvalue weighted by Crippen LogP contribution is -2.34. The fourth-order valence-electron chi connectivity index (χ4n) is 4.25. The summed E-state index contributed by atoms with van der Waals surface area (Å²) in [6, 6.07) is 7.46. The van der Waals surface area contributed by atoms with Crippen molar-refractivity contribution in [3.05, 3.63) is 46.9 Å². The molecule has 0 radical (unpaired) electrons. The molecular formula is C22H26N4O4. The van der Waals surface area contributed by atoms with Gasteiger partial charge >= 0.3 is 0 Å². The van der Waals surface area contributed by atoms with Crippen LogP contribution in [-0.4, -0.2) is 54.1 Å². The zero-order valence-electron chi connectivity index (χ0n) is 17.6. The van der Waals surface area contributed by atoms with Gasteiger partial charge in [-0.2, -0.15) is 0 Å². The largest absolute Gasteiger partial charge is 0.496 e. The lowest BCUT2D eigenvalue weighted by molar-refractivity contribution is -0.136. The molecule has 1 fully saturated rings. The van der Waals surface area contributed by atoms with Gasteiger partial charge in [-0.25, -0.2) is 9.97 Å². The van der Waals surface area contributed by atoms with Gasteiger partial charge in [0.25, 0.3) is 0 Å². The van der Waals surface area contributed by atoms with E-state index in [0.29, 0.717) is 24.7 Å². The number of benzene rings is 1. The first-order chi connectivity index (χ1) is 14.5. The number of aryl methyl sites for hydroxylation is 1. The van der Waals surface area contributed by atoms with Crippen molar-refractivity contribution < 1.29 is 19.1 Å². The van der Waals surface area contributed by atoms with E-state index >= 15 is 0 Å². The topological polar surface area (TPSA) is 84.9 Å². The molecule has 0 bridgehead atoms. The van der Waals surface area contributed by atoms with Gasteiger partial charge in [0.2, 0.25) is 11.8 Å². The summed E-state index contributed by atoms with van der Waals surface area (Å²) in [5.74, 6) is 1.89. The number of carbonyl (C=O) groups is 2. The van der Waals surface area contributed by atoms with E-state index in [4.69, 9.17) is 14.5 Å². The number of aromatic nitrogens is 2. The number of hydrogen-bond acceptors (Lipinski definition) is 6. The Morgan fingerprint density at radius 1 is 1.23 bits per heavy atom. The van der Waals surface area contributed by atoms with Gasteiger partial charge in [-0.3, -0.25) is 14.5 Å². The molecule has 3 heterocycles. The quantitative estimate of drug-likeness (QED) is 0.726. The van der Waals surface area contributed by atoms with E-state index in [1.165, 1.54) is 7.11 Å². The third-order valence-corrected chi connectivity index (χ3v) is 5.75. The molecule has 1 atom stereocenters. The molecule has 0 saturated carbocycles. The Bertz CT molecular complexity index is 978. The van der Waals surface area contributed by atoms with Gasteiger partial charge in [-0.05, 0) is 25.8 Å². The van der Waals surface area contributed by atoms with Gasteiger partial charge in [-0.1, -0.05) is 18.2 Å². The van der Waals surface area contributed by atoms with E-state index < -0.39 is 0 Å². The van der Waals surface area contributed by atoms with Crippen LogP contribution >= 0.6 is 0 Å². The van der Waals surface area contributed by atoms with Gasteiger partial charge in [0, 0.05) is 30.5 Å². The minimum Gasteiger partial charge on any atom is -0.496 e. The number of methoxy groups -OCH3 is 2. The van der Waals surface area contributed by atoms with Crippen LogP contribution in [0.4, 0.5) is 5.82 Å². The highest BCUT2D eigenvalue weighted by atomic mass is 16.5. The SMILES string of the molecule is COCC(=O)N1CCCC1c1nc(C)c2c(n1)N(Cc1ccccc1OC)C(=O)C2. The Morgan fingerprint density at radius 2 is 2.03 bits per heavy atom. The van der Waals surface area contributed by atoms with Gasteiger partial charge in [-0.15, -0.1) is 0 Å². The number of amides is 2. The number of hydrogen-bond donors (Lipinski definition) is 0. The highest BCUT2D eigenvalue weighted by molar-refractivity contribution is 6.00. The summed E-state index contributed by atoms with van der Waals surface area (Å²) in [5, 5.41) is 0. The van der Waals surface area contributed by atoms with Crippen LogP contribution in [0.3, 0.4) is 0 Å². The molecule has 158 valence electrons. The maximum Gasteiger partial charge on any atom is 0.249 e. The van der Waals surface area contributed by atoms with Crippen molar-refractivity contribution in [2.45, 2.75) is 38.8 Å². The average molecular weight is 410 g/mol. The molecule has 30 heavy (non-hydrogen) atoms. The number of carbonyl (C=O) groups excluding carboxylic acids is 2. The summed E-state index contributed by atoms with van der Waals surface area (Å²) in [6.07, 6.45) is 1.98. The predicted octanol–water partition coefficient (Wildman–Crippen LogP) is 2.19. The Kier molecular flexibility index (Phi) is 5.67. The molecule has 2 aliphatic rings. The highest BCUT2D eigenvalue weighted by Gasteiger charge is 2.36. The molecule has 1 saturated heterocycles. The predicted molar refractivity (Wildman–Crippen MR) is 110 cm³/mol. The fraction of sp³-hybridized carbons (Fsp3) is 0.455. The average Bonchev–Trinajstić information content (AvgIpc) is 3.35. The Labute approximate surface area is 175 Å². The van der Waals surface area contributed by atoms with Crippen molar-refractivity contribution in [3.63, 3.8) is 0 Å².